The molecule has 1 N–H and O–H groups in total. The number of sulfonamides is 1. The Hall–Kier alpha value is -2.39. The Morgan fingerprint density at radius 2 is 1.77 bits per heavy atom. The molecule has 0 heterocycles. The number of nitrogens with zero attached hydrogens (tertiary/aromatic N) is 2. The Bertz CT molecular complexity index is 983. The van der Waals surface area contributed by atoms with Crippen molar-refractivity contribution in [3.8, 4) is 0 Å². The van der Waals surface area contributed by atoms with Crippen molar-refractivity contribution >= 4 is 43.5 Å². The lowest BCUT2D eigenvalue weighted by molar-refractivity contribution is -0.140. The van der Waals surface area contributed by atoms with Crippen molar-refractivity contribution in [2.75, 3.05) is 24.2 Å². The summed E-state index contributed by atoms with van der Waals surface area (Å²) >= 11 is 3.33. The maximum Gasteiger partial charge on any atom is 0.244 e. The number of nitrogens with one attached hydrogen (secondary N) is 1. The Balaban J connectivity index is 2.40. The lowest BCUT2D eigenvalue weighted by atomic mass is 10.1. The third-order valence-electron chi connectivity index (χ3n) is 4.60. The van der Waals surface area contributed by atoms with Crippen LogP contribution in [0.3, 0.4) is 0 Å². The Morgan fingerprint density at radius 3 is 2.30 bits per heavy atom. The third kappa shape index (κ3) is 6.30. The van der Waals surface area contributed by atoms with Gasteiger partial charge in [-0.2, -0.15) is 0 Å². The highest BCUT2D eigenvalue weighted by Gasteiger charge is 2.31. The van der Waals surface area contributed by atoms with Gasteiger partial charge in [-0.05, 0) is 30.2 Å². The molecule has 0 aliphatic rings. The lowest BCUT2D eigenvalue weighted by Crippen LogP contribution is -2.51. The van der Waals surface area contributed by atoms with Crippen molar-refractivity contribution in [3.63, 3.8) is 0 Å². The summed E-state index contributed by atoms with van der Waals surface area (Å²) in [4.78, 5) is 27.2. The highest BCUT2D eigenvalue weighted by molar-refractivity contribution is 9.10. The van der Waals surface area contributed by atoms with Crippen molar-refractivity contribution < 1.29 is 18.0 Å². The molecule has 0 radical (unpaired) electrons. The van der Waals surface area contributed by atoms with E-state index in [1.807, 2.05) is 37.3 Å². The van der Waals surface area contributed by atoms with Crippen molar-refractivity contribution in [2.24, 2.45) is 0 Å². The largest absolute Gasteiger partial charge is 0.357 e. The quantitative estimate of drug-likeness (QED) is 0.579. The van der Waals surface area contributed by atoms with Crippen LogP contribution in [0.25, 0.3) is 0 Å². The van der Waals surface area contributed by atoms with E-state index in [1.54, 1.807) is 24.3 Å². The zero-order valence-corrected chi connectivity index (χ0v) is 19.6. The number of hydrogen-bond acceptors (Lipinski definition) is 4. The number of carbonyl (C=O) groups excluding carboxylic acids is 2. The molecule has 7 nitrogen and oxygen atoms in total. The Labute approximate surface area is 186 Å². The molecular formula is C21H26BrN3O4S. The van der Waals surface area contributed by atoms with Gasteiger partial charge in [0.1, 0.15) is 12.6 Å². The first kappa shape index (κ1) is 23.9. The van der Waals surface area contributed by atoms with Gasteiger partial charge in [-0.3, -0.25) is 13.9 Å². The molecule has 0 saturated heterocycles. The summed E-state index contributed by atoms with van der Waals surface area (Å²) in [5.74, 6) is -0.755. The zero-order chi connectivity index (χ0) is 22.3. The van der Waals surface area contributed by atoms with Crippen LogP contribution in [0, 0.1) is 0 Å². The normalized spacial score (nSPS) is 12.1. The van der Waals surface area contributed by atoms with Crippen molar-refractivity contribution in [1.29, 1.82) is 0 Å². The van der Waals surface area contributed by atoms with Crippen molar-refractivity contribution in [2.45, 2.75) is 25.9 Å². The third-order valence-corrected chi connectivity index (χ3v) is 6.24. The Kier molecular flexibility index (Phi) is 8.43. The molecule has 1 unspecified atom stereocenters. The predicted molar refractivity (Wildman–Crippen MR) is 121 cm³/mol. The molecule has 0 bridgehead atoms. The SMILES string of the molecule is CCC(C(=O)NC)N(Cc1ccccc1)C(=O)CN(c1cccc(Br)c1)S(C)(=O)=O. The molecule has 30 heavy (non-hydrogen) atoms. The van der Waals surface area contributed by atoms with Gasteiger partial charge >= 0.3 is 0 Å². The fourth-order valence-electron chi connectivity index (χ4n) is 3.11. The average Bonchev–Trinajstić information content (AvgIpc) is 2.71. The molecule has 0 aliphatic heterocycles. The van der Waals surface area contributed by atoms with E-state index in [0.29, 0.717) is 16.6 Å². The molecule has 162 valence electrons. The zero-order valence-electron chi connectivity index (χ0n) is 17.2. The highest BCUT2D eigenvalue weighted by Crippen LogP contribution is 2.23. The van der Waals surface area contributed by atoms with E-state index in [4.69, 9.17) is 0 Å². The maximum atomic E-state index is 13.3. The van der Waals surface area contributed by atoms with Crippen molar-refractivity contribution in [1.82, 2.24) is 10.2 Å². The van der Waals surface area contributed by atoms with Gasteiger partial charge in [0.15, 0.2) is 0 Å². The first-order chi connectivity index (χ1) is 14.2. The van der Waals surface area contributed by atoms with Crippen molar-refractivity contribution in [3.05, 3.63) is 64.6 Å². The van der Waals surface area contributed by atoms with Gasteiger partial charge in [0.25, 0.3) is 0 Å². The van der Waals surface area contributed by atoms with E-state index in [1.165, 1.54) is 11.9 Å². The first-order valence-electron chi connectivity index (χ1n) is 9.45. The molecule has 9 heteroatoms. The van der Waals surface area contributed by atoms with Gasteiger partial charge in [0, 0.05) is 18.1 Å². The number of anilines is 1. The van der Waals surface area contributed by atoms with Crippen LogP contribution in [0.2, 0.25) is 0 Å². The van der Waals surface area contributed by atoms with Gasteiger partial charge < -0.3 is 10.2 Å². The number of halogens is 1. The fraction of sp³-hybridized carbons (Fsp3) is 0.333. The summed E-state index contributed by atoms with van der Waals surface area (Å²) in [5, 5.41) is 2.59. The topological polar surface area (TPSA) is 86.8 Å². The number of likely N-dealkylation sites (N-methyl/N-ethyl adjacent to an activating group) is 1. The minimum Gasteiger partial charge on any atom is -0.357 e. The number of rotatable bonds is 9. The van der Waals surface area contributed by atoms with Gasteiger partial charge in [0.05, 0.1) is 11.9 Å². The second kappa shape index (κ2) is 10.6. The number of hydrogen-bond donors (Lipinski definition) is 1. The van der Waals surface area contributed by atoms with Crippen LogP contribution in [-0.4, -0.2) is 51.0 Å². The van der Waals surface area contributed by atoms with Crippen LogP contribution in [0.15, 0.2) is 59.1 Å². The Morgan fingerprint density at radius 1 is 1.10 bits per heavy atom. The van der Waals surface area contributed by atoms with Crippen LogP contribution in [0.1, 0.15) is 18.9 Å². The van der Waals surface area contributed by atoms with Crippen LogP contribution < -0.4 is 9.62 Å². The van der Waals surface area contributed by atoms with E-state index in [2.05, 4.69) is 21.2 Å². The monoisotopic (exact) mass is 495 g/mol. The van der Waals surface area contributed by atoms with E-state index in [0.717, 1.165) is 16.1 Å². The molecule has 2 amide bonds. The summed E-state index contributed by atoms with van der Waals surface area (Å²) in [5.41, 5.74) is 1.22. The number of carbonyl (C=O) groups is 2. The lowest BCUT2D eigenvalue weighted by Gasteiger charge is -2.32. The minimum atomic E-state index is -3.73. The molecule has 0 aromatic heterocycles. The second-order valence-electron chi connectivity index (χ2n) is 6.80. The summed E-state index contributed by atoms with van der Waals surface area (Å²) in [7, 11) is -2.22. The van der Waals surface area contributed by atoms with Gasteiger partial charge in [-0.15, -0.1) is 0 Å². The van der Waals surface area contributed by atoms with E-state index >= 15 is 0 Å². The molecular weight excluding hydrogens is 470 g/mol. The van der Waals surface area contributed by atoms with Crippen LogP contribution in [-0.2, 0) is 26.2 Å². The van der Waals surface area contributed by atoms with Gasteiger partial charge in [-0.25, -0.2) is 8.42 Å². The summed E-state index contributed by atoms with van der Waals surface area (Å²) < 4.78 is 26.6. The van der Waals surface area contributed by atoms with E-state index < -0.39 is 28.5 Å². The molecule has 0 spiro atoms. The molecule has 2 aromatic carbocycles. The second-order valence-corrected chi connectivity index (χ2v) is 9.62. The summed E-state index contributed by atoms with van der Waals surface area (Å²) in [6.45, 7) is 1.60. The van der Waals surface area contributed by atoms with Gasteiger partial charge in [0.2, 0.25) is 21.8 Å². The molecule has 0 fully saturated rings. The molecule has 0 aliphatic carbocycles. The molecule has 0 saturated carbocycles. The van der Waals surface area contributed by atoms with Gasteiger partial charge in [-0.1, -0.05) is 59.3 Å². The highest BCUT2D eigenvalue weighted by atomic mass is 79.9. The molecule has 1 atom stereocenters. The maximum absolute atomic E-state index is 13.3. The van der Waals surface area contributed by atoms with E-state index in [9.17, 15) is 18.0 Å². The first-order valence-corrected chi connectivity index (χ1v) is 12.1. The predicted octanol–water partition coefficient (Wildman–Crippen LogP) is 2.77. The van der Waals surface area contributed by atoms with Crippen LogP contribution in [0.5, 0.6) is 0 Å². The smallest absolute Gasteiger partial charge is 0.244 e. The number of benzene rings is 2. The molecule has 2 aromatic rings. The minimum absolute atomic E-state index is 0.196. The van der Waals surface area contributed by atoms with E-state index in [-0.39, 0.29) is 12.5 Å². The van der Waals surface area contributed by atoms with Crippen LogP contribution in [0.4, 0.5) is 5.69 Å². The summed E-state index contributed by atoms with van der Waals surface area (Å²) in [6, 6.07) is 15.3. The molecule has 2 rings (SSSR count). The summed E-state index contributed by atoms with van der Waals surface area (Å²) in [6.07, 6.45) is 1.45. The number of amides is 2. The standard InChI is InChI=1S/C21H26BrN3O4S/c1-4-19(21(27)23-2)24(14-16-9-6-5-7-10-16)20(26)15-25(30(3,28)29)18-12-8-11-17(22)13-18/h5-13,19H,4,14-15H2,1-3H3,(H,23,27). The average molecular weight is 496 g/mol. The van der Waals surface area contributed by atoms with Crippen LogP contribution >= 0.6 is 15.9 Å². The fourth-order valence-corrected chi connectivity index (χ4v) is 4.34.